The molecule has 0 heterocycles. The fraction of sp³-hybridized carbons (Fsp3) is 0.625. The van der Waals surface area contributed by atoms with E-state index in [0.717, 1.165) is 6.42 Å². The van der Waals surface area contributed by atoms with Gasteiger partial charge in [-0.05, 0) is 6.42 Å². The van der Waals surface area contributed by atoms with Gasteiger partial charge in [-0.2, -0.15) is 0 Å². The van der Waals surface area contributed by atoms with E-state index < -0.39 is 5.91 Å². The van der Waals surface area contributed by atoms with Crippen molar-refractivity contribution >= 4 is 5.91 Å². The second kappa shape index (κ2) is 5.42. The highest BCUT2D eigenvalue weighted by molar-refractivity contribution is 5.92. The molecule has 5 heteroatoms. The van der Waals surface area contributed by atoms with Crippen molar-refractivity contribution < 1.29 is 4.79 Å². The van der Waals surface area contributed by atoms with Gasteiger partial charge in [0.25, 0.3) is 5.91 Å². The van der Waals surface area contributed by atoms with Gasteiger partial charge in [0.1, 0.15) is 5.70 Å². The lowest BCUT2D eigenvalue weighted by molar-refractivity contribution is -0.115. The van der Waals surface area contributed by atoms with Gasteiger partial charge in [-0.3, -0.25) is 4.79 Å². The first-order valence-electron chi connectivity index (χ1n) is 4.23. The minimum Gasteiger partial charge on any atom is -0.388 e. The van der Waals surface area contributed by atoms with Crippen molar-refractivity contribution in [2.75, 3.05) is 14.1 Å². The molecule has 0 unspecified atom stereocenters. The van der Waals surface area contributed by atoms with Crippen LogP contribution in [0, 0.1) is 0 Å². The zero-order valence-corrected chi connectivity index (χ0v) is 8.35. The van der Waals surface area contributed by atoms with Gasteiger partial charge in [0.15, 0.2) is 0 Å². The summed E-state index contributed by atoms with van der Waals surface area (Å²) in [5, 5.41) is 5.61. The predicted octanol–water partition coefficient (Wildman–Crippen LogP) is -1.14. The third-order valence-electron chi connectivity index (χ3n) is 1.85. The number of primary amides is 1. The molecule has 0 aliphatic rings. The van der Waals surface area contributed by atoms with Crippen molar-refractivity contribution in [1.29, 1.82) is 0 Å². The molecule has 0 rings (SSSR count). The average molecular weight is 186 g/mol. The van der Waals surface area contributed by atoms with Gasteiger partial charge in [-0.15, -0.1) is 0 Å². The Balaban J connectivity index is 4.93. The third kappa shape index (κ3) is 2.95. The Labute approximate surface area is 78.5 Å². The molecule has 13 heavy (non-hydrogen) atoms. The zero-order chi connectivity index (χ0) is 10.4. The zero-order valence-electron chi connectivity index (χ0n) is 8.35. The smallest absolute Gasteiger partial charge is 0.266 e. The molecule has 0 saturated heterocycles. The molecule has 0 bridgehead atoms. The van der Waals surface area contributed by atoms with Gasteiger partial charge < -0.3 is 22.1 Å². The quantitative estimate of drug-likeness (QED) is 0.408. The molecule has 0 aromatic heterocycles. The number of amides is 1. The van der Waals surface area contributed by atoms with Crippen molar-refractivity contribution in [3.8, 4) is 0 Å². The van der Waals surface area contributed by atoms with Crippen LogP contribution in [-0.4, -0.2) is 26.0 Å². The van der Waals surface area contributed by atoms with E-state index in [2.05, 4.69) is 10.6 Å². The highest BCUT2D eigenvalue weighted by atomic mass is 16.1. The Kier molecular flexibility index (Phi) is 4.91. The van der Waals surface area contributed by atoms with Gasteiger partial charge >= 0.3 is 0 Å². The van der Waals surface area contributed by atoms with Gasteiger partial charge in [-0.25, -0.2) is 0 Å². The largest absolute Gasteiger partial charge is 0.388 e. The lowest BCUT2D eigenvalue weighted by atomic mass is 10.1. The maximum Gasteiger partial charge on any atom is 0.266 e. The summed E-state index contributed by atoms with van der Waals surface area (Å²) in [7, 11) is 3.35. The molecule has 0 aliphatic heterocycles. The summed E-state index contributed by atoms with van der Waals surface area (Å²) in [5.74, 6) is -0.504. The summed E-state index contributed by atoms with van der Waals surface area (Å²) >= 11 is 0. The molecule has 0 saturated carbocycles. The maximum absolute atomic E-state index is 11.0. The Morgan fingerprint density at radius 2 is 1.92 bits per heavy atom. The number of carbonyl (C=O) groups excluding carboxylic acids is 1. The van der Waals surface area contributed by atoms with Gasteiger partial charge in [0.2, 0.25) is 0 Å². The summed E-state index contributed by atoms with van der Waals surface area (Å²) in [6.07, 6.45) is 0.745. The fourth-order valence-corrected chi connectivity index (χ4v) is 1.09. The first kappa shape index (κ1) is 11.8. The van der Waals surface area contributed by atoms with Crippen molar-refractivity contribution in [2.24, 2.45) is 11.5 Å². The molecule has 1 atom stereocenters. The number of carbonyl (C=O) groups is 1. The van der Waals surface area contributed by atoms with Crippen molar-refractivity contribution in [3.05, 3.63) is 11.4 Å². The number of likely N-dealkylation sites (N-methyl/N-ethyl adjacent to an activating group) is 2. The van der Waals surface area contributed by atoms with Crippen LogP contribution in [0.3, 0.4) is 0 Å². The molecule has 1 amide bonds. The number of hydrogen-bond acceptors (Lipinski definition) is 4. The number of rotatable bonds is 5. The molecular weight excluding hydrogens is 168 g/mol. The van der Waals surface area contributed by atoms with Crippen LogP contribution in [0.2, 0.25) is 0 Å². The highest BCUT2D eigenvalue weighted by Crippen LogP contribution is 2.03. The standard InChI is InChI=1S/C8H18N4O/c1-4-5(9)6(11-2)7(12-3)8(10)13/h5,11-12H,4,9H2,1-3H3,(H2,10,13)/b7-6+/t5-/m0/s1. The Hall–Kier alpha value is -1.23. The normalized spacial score (nSPS) is 14.5. The van der Waals surface area contributed by atoms with Crippen LogP contribution in [0.15, 0.2) is 11.4 Å². The maximum atomic E-state index is 11.0. The van der Waals surface area contributed by atoms with Crippen LogP contribution in [0.5, 0.6) is 0 Å². The van der Waals surface area contributed by atoms with E-state index in [1.54, 1.807) is 14.1 Å². The summed E-state index contributed by atoms with van der Waals surface area (Å²) in [6.45, 7) is 1.94. The minimum atomic E-state index is -0.504. The monoisotopic (exact) mass is 186 g/mol. The molecule has 0 fully saturated rings. The highest BCUT2D eigenvalue weighted by Gasteiger charge is 2.14. The Morgan fingerprint density at radius 1 is 1.38 bits per heavy atom. The lowest BCUT2D eigenvalue weighted by Crippen LogP contribution is -2.37. The topological polar surface area (TPSA) is 93.2 Å². The van der Waals surface area contributed by atoms with E-state index in [1.165, 1.54) is 0 Å². The molecule has 6 N–H and O–H groups in total. The van der Waals surface area contributed by atoms with Crippen LogP contribution in [0.1, 0.15) is 13.3 Å². The number of hydrogen-bond donors (Lipinski definition) is 4. The minimum absolute atomic E-state index is 0.194. The van der Waals surface area contributed by atoms with Gasteiger partial charge in [-0.1, -0.05) is 6.92 Å². The molecule has 0 aliphatic carbocycles. The molecule has 0 spiro atoms. The van der Waals surface area contributed by atoms with Gasteiger partial charge in [0.05, 0.1) is 5.70 Å². The first-order valence-corrected chi connectivity index (χ1v) is 4.23. The summed E-state index contributed by atoms with van der Waals surface area (Å²) in [6, 6.07) is -0.194. The van der Waals surface area contributed by atoms with Crippen LogP contribution in [0.25, 0.3) is 0 Å². The van der Waals surface area contributed by atoms with Crippen LogP contribution in [-0.2, 0) is 4.79 Å². The molecular formula is C8H18N4O. The molecule has 0 aromatic rings. The fourth-order valence-electron chi connectivity index (χ4n) is 1.09. The molecule has 5 nitrogen and oxygen atoms in total. The first-order chi connectivity index (χ1) is 6.08. The second-order valence-corrected chi connectivity index (χ2v) is 2.67. The summed E-state index contributed by atoms with van der Waals surface area (Å²) < 4.78 is 0. The van der Waals surface area contributed by atoms with Crippen molar-refractivity contribution in [3.63, 3.8) is 0 Å². The number of nitrogens with one attached hydrogen (secondary N) is 2. The van der Waals surface area contributed by atoms with Crippen LogP contribution in [0.4, 0.5) is 0 Å². The predicted molar refractivity (Wildman–Crippen MR) is 52.6 cm³/mol. The van der Waals surface area contributed by atoms with Crippen molar-refractivity contribution in [2.45, 2.75) is 19.4 Å². The third-order valence-corrected chi connectivity index (χ3v) is 1.85. The molecule has 0 aromatic carbocycles. The summed E-state index contributed by atoms with van der Waals surface area (Å²) in [4.78, 5) is 11.0. The van der Waals surface area contributed by atoms with Crippen molar-refractivity contribution in [1.82, 2.24) is 10.6 Å². The van der Waals surface area contributed by atoms with E-state index in [9.17, 15) is 4.79 Å². The second-order valence-electron chi connectivity index (χ2n) is 2.67. The Morgan fingerprint density at radius 3 is 2.15 bits per heavy atom. The molecule has 0 radical (unpaired) electrons. The van der Waals surface area contributed by atoms with Crippen LogP contribution >= 0.6 is 0 Å². The van der Waals surface area contributed by atoms with Gasteiger partial charge in [0, 0.05) is 20.1 Å². The number of nitrogens with two attached hydrogens (primary N) is 2. The summed E-state index contributed by atoms with van der Waals surface area (Å²) in [5.41, 5.74) is 11.9. The lowest BCUT2D eigenvalue weighted by Gasteiger charge is -2.17. The van der Waals surface area contributed by atoms with Crippen LogP contribution < -0.4 is 22.1 Å². The van der Waals surface area contributed by atoms with E-state index in [0.29, 0.717) is 11.4 Å². The Bertz CT molecular complexity index is 212. The van der Waals surface area contributed by atoms with E-state index in [1.807, 2.05) is 6.92 Å². The SMILES string of the molecule is CC[C@H](N)/C(NC)=C(\NC)C(N)=O. The van der Waals surface area contributed by atoms with E-state index >= 15 is 0 Å². The van der Waals surface area contributed by atoms with E-state index in [-0.39, 0.29) is 6.04 Å². The average Bonchev–Trinajstić information content (AvgIpc) is 2.12. The molecule has 76 valence electrons. The van der Waals surface area contributed by atoms with E-state index in [4.69, 9.17) is 11.5 Å².